The second-order valence-corrected chi connectivity index (χ2v) is 16.1. The third-order valence-electron chi connectivity index (χ3n) is 13.1. The molecule has 1 heterocycles. The highest BCUT2D eigenvalue weighted by atomic mass is 16.7. The molecule has 4 fully saturated rings. The fourth-order valence-electron chi connectivity index (χ4n) is 10.2. The van der Waals surface area contributed by atoms with Crippen molar-refractivity contribution in [3.05, 3.63) is 0 Å². The van der Waals surface area contributed by atoms with Crippen molar-refractivity contribution in [2.75, 3.05) is 13.2 Å². The van der Waals surface area contributed by atoms with E-state index in [0.717, 1.165) is 12.8 Å². The molecule has 3 saturated carbocycles. The van der Waals surface area contributed by atoms with E-state index in [-0.39, 0.29) is 47.2 Å². The van der Waals surface area contributed by atoms with E-state index in [0.29, 0.717) is 19.3 Å². The lowest BCUT2D eigenvalue weighted by atomic mass is 9.34. The summed E-state index contributed by atoms with van der Waals surface area (Å²) in [5.74, 6) is 0.149. The normalized spacial score (nSPS) is 48.0. The van der Waals surface area contributed by atoms with Crippen molar-refractivity contribution in [1.29, 1.82) is 0 Å². The fraction of sp³-hybridized carbons (Fsp3) is 1.00. The summed E-state index contributed by atoms with van der Waals surface area (Å²) in [4.78, 5) is 0. The smallest absolute Gasteiger partial charge is 0.186 e. The lowest BCUT2D eigenvalue weighted by molar-refractivity contribution is -0.308. The predicted octanol–water partition coefficient (Wildman–Crippen LogP) is 0.945. The highest BCUT2D eigenvalue weighted by Crippen LogP contribution is 2.72. The maximum atomic E-state index is 11.4. The van der Waals surface area contributed by atoms with Crippen LogP contribution in [0.3, 0.4) is 0 Å². The van der Waals surface area contributed by atoms with Gasteiger partial charge in [-0.2, -0.15) is 0 Å². The molecule has 0 spiro atoms. The van der Waals surface area contributed by atoms with E-state index >= 15 is 0 Å². The van der Waals surface area contributed by atoms with E-state index in [1.165, 1.54) is 6.92 Å². The average molecular weight is 633 g/mol. The van der Waals surface area contributed by atoms with E-state index < -0.39 is 72.7 Å². The van der Waals surface area contributed by atoms with Gasteiger partial charge in [-0.05, 0) is 72.0 Å². The van der Waals surface area contributed by atoms with Gasteiger partial charge in [-0.3, -0.25) is 0 Å². The van der Waals surface area contributed by atoms with Crippen molar-refractivity contribution in [2.24, 2.45) is 39.4 Å². The van der Waals surface area contributed by atoms with Crippen LogP contribution >= 0.6 is 0 Å². The molecule has 4 rings (SSSR count). The molecule has 1 saturated heterocycles. The first-order chi connectivity index (χ1) is 20.2. The first-order valence-electron chi connectivity index (χ1n) is 16.6. The summed E-state index contributed by atoms with van der Waals surface area (Å²) in [6.45, 7) is 16.1. The van der Waals surface area contributed by atoms with E-state index in [1.54, 1.807) is 0 Å². The predicted molar refractivity (Wildman–Crippen MR) is 161 cm³/mol. The summed E-state index contributed by atoms with van der Waals surface area (Å²) in [6, 6.07) is 0. The van der Waals surface area contributed by atoms with Crippen molar-refractivity contribution in [2.45, 2.75) is 155 Å². The Hall–Kier alpha value is -0.440. The Kier molecular flexibility index (Phi) is 10.7. The number of aliphatic hydroxyl groups excluding tert-OH is 8. The maximum absolute atomic E-state index is 11.4. The molecule has 44 heavy (non-hydrogen) atoms. The van der Waals surface area contributed by atoms with E-state index in [2.05, 4.69) is 48.5 Å². The zero-order valence-corrected chi connectivity index (χ0v) is 27.8. The van der Waals surface area contributed by atoms with Crippen LogP contribution < -0.4 is 0 Å². The van der Waals surface area contributed by atoms with Gasteiger partial charge in [-0.1, -0.05) is 54.9 Å². The second-order valence-electron chi connectivity index (χ2n) is 16.1. The molecule has 0 aromatic carbocycles. The third-order valence-corrected chi connectivity index (χ3v) is 13.1. The van der Waals surface area contributed by atoms with Crippen LogP contribution in [-0.4, -0.2) is 121 Å². The first kappa shape index (κ1) is 36.4. The Morgan fingerprint density at radius 2 is 1.52 bits per heavy atom. The molecule has 4 aliphatic rings. The second kappa shape index (κ2) is 12.9. The van der Waals surface area contributed by atoms with Crippen LogP contribution in [0.2, 0.25) is 0 Å². The Labute approximate surface area is 262 Å². The minimum atomic E-state index is -1.64. The quantitative estimate of drug-likeness (QED) is 0.181. The van der Waals surface area contributed by atoms with Crippen LogP contribution in [-0.2, 0) is 14.2 Å². The lowest BCUT2D eigenvalue weighted by Gasteiger charge is -2.71. The van der Waals surface area contributed by atoms with Gasteiger partial charge in [0.1, 0.15) is 36.6 Å². The van der Waals surface area contributed by atoms with Gasteiger partial charge in [-0.15, -0.1) is 0 Å². The number of hydrogen-bond donors (Lipinski definition) is 8. The maximum Gasteiger partial charge on any atom is 0.186 e. The summed E-state index contributed by atoms with van der Waals surface area (Å²) >= 11 is 0. The number of ether oxygens (including phenoxy) is 3. The van der Waals surface area contributed by atoms with Crippen LogP contribution in [0.4, 0.5) is 0 Å². The van der Waals surface area contributed by atoms with Crippen LogP contribution in [0.15, 0.2) is 0 Å². The first-order valence-corrected chi connectivity index (χ1v) is 16.6. The molecular formula is C33H60O11. The Bertz CT molecular complexity index is 975. The molecule has 16 atom stereocenters. The Morgan fingerprint density at radius 1 is 0.886 bits per heavy atom. The molecule has 11 nitrogen and oxygen atoms in total. The molecule has 0 aromatic heterocycles. The number of fused-ring (bicyclic) bond motifs is 3. The Balaban J connectivity index is 1.70. The fourth-order valence-corrected chi connectivity index (χ4v) is 10.2. The lowest BCUT2D eigenvalue weighted by Crippen LogP contribution is -2.69. The highest BCUT2D eigenvalue weighted by molar-refractivity contribution is 5.18. The number of aliphatic hydroxyl groups is 8. The zero-order chi connectivity index (χ0) is 33.2. The molecule has 0 bridgehead atoms. The van der Waals surface area contributed by atoms with Crippen molar-refractivity contribution in [1.82, 2.24) is 0 Å². The van der Waals surface area contributed by atoms with Gasteiger partial charge in [0.2, 0.25) is 0 Å². The summed E-state index contributed by atoms with van der Waals surface area (Å²) in [6.07, 6.45) is -9.52. The van der Waals surface area contributed by atoms with Crippen molar-refractivity contribution in [3.8, 4) is 0 Å². The van der Waals surface area contributed by atoms with Gasteiger partial charge in [0.15, 0.2) is 6.29 Å². The van der Waals surface area contributed by atoms with Crippen LogP contribution in [0.1, 0.15) is 87.5 Å². The van der Waals surface area contributed by atoms with Gasteiger partial charge < -0.3 is 55.1 Å². The topological polar surface area (TPSA) is 190 Å². The van der Waals surface area contributed by atoms with E-state index in [4.69, 9.17) is 14.2 Å². The van der Waals surface area contributed by atoms with Crippen LogP contribution in [0.25, 0.3) is 0 Å². The highest BCUT2D eigenvalue weighted by Gasteiger charge is 2.69. The molecule has 1 aliphatic heterocycles. The third kappa shape index (κ3) is 5.91. The van der Waals surface area contributed by atoms with Gasteiger partial charge in [0, 0.05) is 0 Å². The standard InChI is InChI=1S/C33H60O11/c1-9-17-18(35)12-22-32(7)11-10-23(37)30(3,4)28(32)20(13-33(22,8)31(17,5)6)42-15-21(26(40)24(38)16(2)34)44-29-27(41)25(39)19(36)14-43-29/h16-29,34-41H,9-15H2,1-8H3/t16-,17?,18-,19+,20+,21+,22?,23+,24-,25-,26-,27-,28?,29+,32?,33-/m1/s1. The minimum absolute atomic E-state index is 0.0950. The average Bonchev–Trinajstić information content (AvgIpc) is 2.93. The summed E-state index contributed by atoms with van der Waals surface area (Å²) in [7, 11) is 0. The summed E-state index contributed by atoms with van der Waals surface area (Å²) in [5.41, 5.74) is -1.30. The van der Waals surface area contributed by atoms with Crippen molar-refractivity contribution >= 4 is 0 Å². The molecular weight excluding hydrogens is 572 g/mol. The largest absolute Gasteiger partial charge is 0.393 e. The summed E-state index contributed by atoms with van der Waals surface area (Å²) < 4.78 is 18.1. The Morgan fingerprint density at radius 3 is 2.11 bits per heavy atom. The van der Waals surface area contributed by atoms with Gasteiger partial charge >= 0.3 is 0 Å². The van der Waals surface area contributed by atoms with Gasteiger partial charge in [0.25, 0.3) is 0 Å². The SMILES string of the molecule is CCC1[C@H](O)CC2C3(C)CC[C@H](O)C(C)(C)C3[C@@H](OC[C@H](O[C@@H]3OC[C@H](O)[C@@H](O)[C@H]3O)[C@@H](O)[C@H](O)[C@@H](C)O)C[C@@]2(C)C1(C)C. The van der Waals surface area contributed by atoms with E-state index in [1.807, 2.05) is 0 Å². The molecule has 0 amide bonds. The molecule has 0 radical (unpaired) electrons. The van der Waals surface area contributed by atoms with Gasteiger partial charge in [-0.25, -0.2) is 0 Å². The molecule has 3 aliphatic carbocycles. The van der Waals surface area contributed by atoms with Crippen molar-refractivity contribution < 1.29 is 55.1 Å². The van der Waals surface area contributed by atoms with Crippen LogP contribution in [0.5, 0.6) is 0 Å². The number of hydrogen-bond acceptors (Lipinski definition) is 11. The molecule has 8 N–H and O–H groups in total. The van der Waals surface area contributed by atoms with E-state index in [9.17, 15) is 40.9 Å². The minimum Gasteiger partial charge on any atom is -0.393 e. The summed E-state index contributed by atoms with van der Waals surface area (Å²) in [5, 5.41) is 85.1. The monoisotopic (exact) mass is 632 g/mol. The molecule has 258 valence electrons. The zero-order valence-electron chi connectivity index (χ0n) is 27.8. The van der Waals surface area contributed by atoms with Crippen LogP contribution in [0, 0.1) is 39.4 Å². The molecule has 0 aromatic rings. The van der Waals surface area contributed by atoms with Crippen molar-refractivity contribution in [3.63, 3.8) is 0 Å². The van der Waals surface area contributed by atoms with Gasteiger partial charge in [0.05, 0.1) is 37.6 Å². The molecule has 4 unspecified atom stereocenters. The molecule has 11 heteroatoms. The number of rotatable bonds is 9.